The summed E-state index contributed by atoms with van der Waals surface area (Å²) in [7, 11) is 0. The highest BCUT2D eigenvalue weighted by molar-refractivity contribution is 5.62. The van der Waals surface area contributed by atoms with Gasteiger partial charge in [0.05, 0.1) is 11.2 Å². The number of aryl methyl sites for hydroxylation is 1. The lowest BCUT2D eigenvalue weighted by atomic mass is 10.00. The van der Waals surface area contributed by atoms with Gasteiger partial charge in [-0.25, -0.2) is 9.37 Å². The first-order chi connectivity index (χ1) is 8.44. The predicted molar refractivity (Wildman–Crippen MR) is 70.5 cm³/mol. The number of nitrogens with one attached hydrogen (secondary N) is 1. The fourth-order valence-corrected chi connectivity index (χ4v) is 1.82. The van der Waals surface area contributed by atoms with Crippen molar-refractivity contribution < 1.29 is 4.39 Å². The monoisotopic (exact) mass is 247 g/mol. The number of benzene rings is 1. The minimum atomic E-state index is -0.490. The maximum Gasteiger partial charge on any atom is 0.126 e. The average Bonchev–Trinajstić information content (AvgIpc) is 2.72. The van der Waals surface area contributed by atoms with E-state index in [1.807, 2.05) is 26.8 Å². The molecule has 1 unspecified atom stereocenters. The molecule has 0 spiro atoms. The molecule has 0 amide bonds. The Morgan fingerprint density at radius 3 is 2.78 bits per heavy atom. The van der Waals surface area contributed by atoms with Gasteiger partial charge in [-0.2, -0.15) is 0 Å². The fourth-order valence-electron chi connectivity index (χ4n) is 1.82. The van der Waals surface area contributed by atoms with E-state index in [1.165, 1.54) is 12.1 Å². The van der Waals surface area contributed by atoms with Crippen LogP contribution in [-0.4, -0.2) is 9.97 Å². The van der Waals surface area contributed by atoms with Gasteiger partial charge in [-0.3, -0.25) is 0 Å². The number of nitrogens with two attached hydrogens (primary N) is 1. The normalized spacial score (nSPS) is 14.5. The van der Waals surface area contributed by atoms with Gasteiger partial charge in [0.2, 0.25) is 0 Å². The summed E-state index contributed by atoms with van der Waals surface area (Å²) in [5, 5.41) is 0. The summed E-state index contributed by atoms with van der Waals surface area (Å²) in [5.74, 6) is 0.476. The fraction of sp³-hybridized carbons (Fsp3) is 0.357. The number of hydrogen-bond acceptors (Lipinski definition) is 2. The zero-order valence-corrected chi connectivity index (χ0v) is 10.9. The highest BCUT2D eigenvalue weighted by atomic mass is 19.1. The molecule has 0 aliphatic carbocycles. The van der Waals surface area contributed by atoms with Crippen LogP contribution in [0.25, 0.3) is 11.3 Å². The van der Waals surface area contributed by atoms with Crippen LogP contribution in [0.15, 0.2) is 24.3 Å². The smallest absolute Gasteiger partial charge is 0.126 e. The molecule has 96 valence electrons. The van der Waals surface area contributed by atoms with Gasteiger partial charge in [0.25, 0.3) is 0 Å². The van der Waals surface area contributed by atoms with Crippen LogP contribution in [0.3, 0.4) is 0 Å². The first kappa shape index (κ1) is 12.8. The van der Waals surface area contributed by atoms with Gasteiger partial charge in [0.15, 0.2) is 0 Å². The molecule has 0 fully saturated rings. The number of rotatable bonds is 3. The first-order valence-corrected chi connectivity index (χ1v) is 6.06. The van der Waals surface area contributed by atoms with Crippen LogP contribution in [0, 0.1) is 12.7 Å². The summed E-state index contributed by atoms with van der Waals surface area (Å²) in [6.07, 6.45) is 0.780. The highest BCUT2D eigenvalue weighted by Gasteiger charge is 2.24. The van der Waals surface area contributed by atoms with E-state index in [0.29, 0.717) is 0 Å². The molecular formula is C14H18FN3. The van der Waals surface area contributed by atoms with Gasteiger partial charge in [0.1, 0.15) is 11.6 Å². The molecule has 0 saturated carbocycles. The lowest BCUT2D eigenvalue weighted by Gasteiger charge is -2.19. The summed E-state index contributed by atoms with van der Waals surface area (Å²) in [6, 6.07) is 6.42. The minimum absolute atomic E-state index is 0.262. The van der Waals surface area contributed by atoms with Crippen LogP contribution in [0.5, 0.6) is 0 Å². The van der Waals surface area contributed by atoms with Gasteiger partial charge in [-0.15, -0.1) is 0 Å². The number of imidazole rings is 1. The van der Waals surface area contributed by atoms with Gasteiger partial charge in [-0.05, 0) is 32.4 Å². The number of aromatic amines is 1. The molecule has 0 radical (unpaired) electrons. The molecular weight excluding hydrogens is 229 g/mol. The van der Waals surface area contributed by atoms with E-state index in [2.05, 4.69) is 9.97 Å². The second-order valence-corrected chi connectivity index (χ2v) is 4.84. The lowest BCUT2D eigenvalue weighted by molar-refractivity contribution is 0.449. The lowest BCUT2D eigenvalue weighted by Crippen LogP contribution is -2.33. The van der Waals surface area contributed by atoms with E-state index in [0.717, 1.165) is 29.2 Å². The Balaban J connectivity index is 2.48. The molecule has 0 aliphatic rings. The van der Waals surface area contributed by atoms with Crippen molar-refractivity contribution in [2.75, 3.05) is 0 Å². The molecule has 18 heavy (non-hydrogen) atoms. The van der Waals surface area contributed by atoms with Gasteiger partial charge in [0, 0.05) is 11.3 Å². The second kappa shape index (κ2) is 4.53. The zero-order valence-electron chi connectivity index (χ0n) is 10.9. The van der Waals surface area contributed by atoms with E-state index in [-0.39, 0.29) is 5.82 Å². The van der Waals surface area contributed by atoms with Gasteiger partial charge in [-0.1, -0.05) is 19.1 Å². The molecule has 1 aromatic carbocycles. The van der Waals surface area contributed by atoms with Crippen molar-refractivity contribution >= 4 is 0 Å². The molecule has 1 aromatic heterocycles. The van der Waals surface area contributed by atoms with Crippen LogP contribution < -0.4 is 5.73 Å². The summed E-state index contributed by atoms with van der Waals surface area (Å²) < 4.78 is 13.2. The Labute approximate surface area is 106 Å². The van der Waals surface area contributed by atoms with E-state index in [1.54, 1.807) is 6.07 Å². The van der Waals surface area contributed by atoms with Gasteiger partial charge < -0.3 is 10.7 Å². The maximum absolute atomic E-state index is 13.2. The molecule has 0 bridgehead atoms. The summed E-state index contributed by atoms with van der Waals surface area (Å²) in [6.45, 7) is 5.86. The molecule has 3 nitrogen and oxygen atoms in total. The maximum atomic E-state index is 13.2. The summed E-state index contributed by atoms with van der Waals surface area (Å²) >= 11 is 0. The molecule has 2 aromatic rings. The quantitative estimate of drug-likeness (QED) is 0.875. The van der Waals surface area contributed by atoms with Crippen LogP contribution in [0.1, 0.15) is 31.8 Å². The largest absolute Gasteiger partial charge is 0.344 e. The van der Waals surface area contributed by atoms with Crippen molar-refractivity contribution in [2.45, 2.75) is 32.7 Å². The van der Waals surface area contributed by atoms with E-state index in [9.17, 15) is 4.39 Å². The van der Waals surface area contributed by atoms with Crippen molar-refractivity contribution in [3.63, 3.8) is 0 Å². The Morgan fingerprint density at radius 1 is 1.44 bits per heavy atom. The van der Waals surface area contributed by atoms with Crippen LogP contribution in [-0.2, 0) is 5.54 Å². The molecule has 1 heterocycles. The van der Waals surface area contributed by atoms with Gasteiger partial charge >= 0.3 is 0 Å². The number of nitrogens with zero attached hydrogens (tertiary/aromatic N) is 1. The molecule has 0 aliphatic heterocycles. The van der Waals surface area contributed by atoms with E-state index in [4.69, 9.17) is 5.73 Å². The third-order valence-electron chi connectivity index (χ3n) is 3.26. The molecule has 2 rings (SSSR count). The Hall–Kier alpha value is -1.68. The van der Waals surface area contributed by atoms with E-state index >= 15 is 0 Å². The molecule has 1 atom stereocenters. The zero-order chi connectivity index (χ0) is 13.3. The summed E-state index contributed by atoms with van der Waals surface area (Å²) in [5.41, 5.74) is 8.10. The van der Waals surface area contributed by atoms with Crippen molar-refractivity contribution in [2.24, 2.45) is 5.73 Å². The van der Waals surface area contributed by atoms with Crippen LogP contribution >= 0.6 is 0 Å². The van der Waals surface area contributed by atoms with E-state index < -0.39 is 5.54 Å². The Morgan fingerprint density at radius 2 is 2.17 bits per heavy atom. The standard InChI is InChI=1S/C14H18FN3/c1-4-14(3,16)13-17-9(2)12(18-13)10-6-5-7-11(15)8-10/h5-8H,4,16H2,1-3H3,(H,17,18). The summed E-state index contributed by atoms with van der Waals surface area (Å²) in [4.78, 5) is 7.71. The number of aromatic nitrogens is 2. The van der Waals surface area contributed by atoms with Crippen molar-refractivity contribution in [1.29, 1.82) is 0 Å². The highest BCUT2D eigenvalue weighted by Crippen LogP contribution is 2.26. The third-order valence-corrected chi connectivity index (χ3v) is 3.26. The molecule has 4 heteroatoms. The second-order valence-electron chi connectivity index (χ2n) is 4.84. The third kappa shape index (κ3) is 2.29. The Kier molecular flexibility index (Phi) is 3.22. The number of hydrogen-bond donors (Lipinski definition) is 2. The van der Waals surface area contributed by atoms with Crippen molar-refractivity contribution in [3.8, 4) is 11.3 Å². The van der Waals surface area contributed by atoms with Crippen LogP contribution in [0.2, 0.25) is 0 Å². The SMILES string of the molecule is CCC(C)(N)c1nc(-c2cccc(F)c2)c(C)[nH]1. The first-order valence-electron chi connectivity index (χ1n) is 6.06. The average molecular weight is 247 g/mol. The minimum Gasteiger partial charge on any atom is -0.344 e. The Bertz CT molecular complexity index is 558. The predicted octanol–water partition coefficient (Wildman–Crippen LogP) is 3.11. The number of H-pyrrole nitrogens is 1. The molecule has 3 N–H and O–H groups in total. The van der Waals surface area contributed by atoms with Crippen LogP contribution in [0.4, 0.5) is 4.39 Å². The molecule has 0 saturated heterocycles. The topological polar surface area (TPSA) is 54.7 Å². The van der Waals surface area contributed by atoms with Crippen molar-refractivity contribution in [1.82, 2.24) is 9.97 Å². The van der Waals surface area contributed by atoms with Crippen molar-refractivity contribution in [3.05, 3.63) is 41.6 Å². The number of halogens is 1.